The van der Waals surface area contributed by atoms with E-state index in [9.17, 15) is 0 Å². The van der Waals surface area contributed by atoms with Crippen molar-refractivity contribution in [1.29, 1.82) is 0 Å². The van der Waals surface area contributed by atoms with Crippen LogP contribution in [0, 0.1) is 0 Å². The van der Waals surface area contributed by atoms with Crippen LogP contribution in [0.1, 0.15) is 0 Å². The third kappa shape index (κ3) is 42.6. The van der Waals surface area contributed by atoms with Crippen molar-refractivity contribution in [1.82, 2.24) is 0 Å². The van der Waals surface area contributed by atoms with Crippen LogP contribution in [-0.2, 0) is 32.0 Å². The molecule has 68 valence electrons. The molecule has 0 saturated carbocycles. The van der Waals surface area contributed by atoms with Gasteiger partial charge in [0.15, 0.2) is 0 Å². The van der Waals surface area contributed by atoms with Crippen molar-refractivity contribution in [3.63, 3.8) is 0 Å². The van der Waals surface area contributed by atoms with Crippen LogP contribution in [0.3, 0.4) is 0 Å². The van der Waals surface area contributed by atoms with Gasteiger partial charge >= 0.3 is 41.6 Å². The molecule has 7 nitrogen and oxygen atoms in total. The zero-order chi connectivity index (χ0) is 8.73. The molecule has 0 aliphatic heterocycles. The smallest absolute Gasteiger partial charge is 0.832 e. The maximum atomic E-state index is 9.10. The summed E-state index contributed by atoms with van der Waals surface area (Å²) in [6.07, 6.45) is 0. The molecule has 0 aliphatic carbocycles. The van der Waals surface area contributed by atoms with Gasteiger partial charge in [0.2, 0.25) is 0 Å². The van der Waals surface area contributed by atoms with Gasteiger partial charge in [0.05, 0.1) is 0 Å². The van der Waals surface area contributed by atoms with Gasteiger partial charge in [0.25, 0.3) is 0 Å². The van der Waals surface area contributed by atoms with Gasteiger partial charge in [-0.1, -0.05) is 0 Å². The number of carboxylic acids is 2. The Morgan fingerprint density at radius 2 is 1.18 bits per heavy atom. The average molecular weight is 259 g/mol. The van der Waals surface area contributed by atoms with E-state index in [1.54, 1.807) is 0 Å². The van der Waals surface area contributed by atoms with Crippen LogP contribution in [0.2, 0.25) is 0 Å². The largest absolute Gasteiger partial charge is 1.00 e. The van der Waals surface area contributed by atoms with E-state index in [0.717, 1.165) is 0 Å². The number of carbonyl (C=O) groups is 2. The number of hydrogen-bond donors (Lipinski definition) is 4. The Hall–Kier alpha value is -0.375. The molecule has 0 heterocycles. The first-order chi connectivity index (χ1) is 4.37. The van der Waals surface area contributed by atoms with Gasteiger partial charge in [-0.25, -0.2) is 9.59 Å². The van der Waals surface area contributed by atoms with Gasteiger partial charge in [-0.15, -0.1) is 0 Å². The fourth-order valence-corrected chi connectivity index (χ4v) is 0. The summed E-state index contributed by atoms with van der Waals surface area (Å²) >= 11 is 0. The summed E-state index contributed by atoms with van der Waals surface area (Å²) in [4.78, 5) is 18.2. The van der Waals surface area contributed by atoms with Crippen molar-refractivity contribution in [2.24, 2.45) is 0 Å². The minimum atomic E-state index is -2.42. The Morgan fingerprint density at radius 1 is 1.09 bits per heavy atom. The normalized spacial score (nSPS) is 6.45. The van der Waals surface area contributed by atoms with Gasteiger partial charge in [-0.2, -0.15) is 0 Å². The van der Waals surface area contributed by atoms with E-state index in [0.29, 0.717) is 0 Å². The number of carboxylic acid groups (broad SMARTS) is 2. The molecule has 0 aliphatic rings. The summed E-state index contributed by atoms with van der Waals surface area (Å²) in [5, 5.41) is 37.5. The van der Waals surface area contributed by atoms with Gasteiger partial charge in [-0.3, -0.25) is 0 Å². The van der Waals surface area contributed by atoms with Crippen molar-refractivity contribution in [2.75, 3.05) is 0 Å². The van der Waals surface area contributed by atoms with Gasteiger partial charge in [-0.05, 0) is 0 Å². The van der Waals surface area contributed by atoms with Crippen molar-refractivity contribution >= 4 is 19.3 Å². The molecule has 0 fully saturated rings. The molecule has 0 aromatic heterocycles. The minimum absolute atomic E-state index is 0. The molecular formula is C2H4AgBO7. The summed E-state index contributed by atoms with van der Waals surface area (Å²) in [7, 11) is -2.42. The molecule has 0 saturated heterocycles. The number of rotatable bonds is 0. The average Bonchev–Trinajstić information content (AvgIpc) is 1.63. The molecule has 0 aromatic rings. The molecule has 0 rings (SSSR count). The first-order valence-corrected chi connectivity index (χ1v) is 1.86. The first kappa shape index (κ1) is 16.9. The topological polar surface area (TPSA) is 138 Å². The summed E-state index contributed by atoms with van der Waals surface area (Å²) in [6.45, 7) is 0. The van der Waals surface area contributed by atoms with E-state index in [2.05, 4.69) is 0 Å². The van der Waals surface area contributed by atoms with Gasteiger partial charge < -0.3 is 25.3 Å². The Kier molecular flexibility index (Phi) is 14.8. The minimum Gasteiger partial charge on any atom is -0.832 e. The molecule has 0 atom stereocenters. The van der Waals surface area contributed by atoms with Crippen LogP contribution in [0.15, 0.2) is 0 Å². The molecule has 0 amide bonds. The second-order valence-electron chi connectivity index (χ2n) is 0.937. The Balaban J connectivity index is -0.000000114. The molecular weight excluding hydrogens is 255 g/mol. The van der Waals surface area contributed by atoms with E-state index in [1.165, 1.54) is 0 Å². The Morgan fingerprint density at radius 3 is 1.18 bits per heavy atom. The third-order valence-electron chi connectivity index (χ3n) is 0.183. The van der Waals surface area contributed by atoms with Crippen LogP contribution in [-0.4, -0.2) is 39.5 Å². The van der Waals surface area contributed by atoms with E-state index >= 15 is 0 Å². The molecule has 0 aromatic carbocycles. The summed E-state index contributed by atoms with van der Waals surface area (Å²) < 4.78 is 0. The van der Waals surface area contributed by atoms with E-state index in [4.69, 9.17) is 34.9 Å². The van der Waals surface area contributed by atoms with Crippen molar-refractivity contribution in [3.8, 4) is 0 Å². The van der Waals surface area contributed by atoms with E-state index in [-0.39, 0.29) is 22.4 Å². The summed E-state index contributed by atoms with van der Waals surface area (Å²) in [5.41, 5.74) is 0. The van der Waals surface area contributed by atoms with Crippen LogP contribution < -0.4 is 5.02 Å². The third-order valence-corrected chi connectivity index (χ3v) is 0.183. The van der Waals surface area contributed by atoms with Gasteiger partial charge in [0.1, 0.15) is 0 Å². The molecule has 4 N–H and O–H groups in total. The van der Waals surface area contributed by atoms with E-state index < -0.39 is 19.3 Å². The summed E-state index contributed by atoms with van der Waals surface area (Å²) in [5.74, 6) is -3.65. The molecule has 0 radical (unpaired) electrons. The van der Waals surface area contributed by atoms with Crippen LogP contribution in [0.5, 0.6) is 0 Å². The van der Waals surface area contributed by atoms with Gasteiger partial charge in [0, 0.05) is 0 Å². The monoisotopic (exact) mass is 258 g/mol. The van der Waals surface area contributed by atoms with Crippen molar-refractivity contribution < 1.29 is 57.3 Å². The molecule has 0 spiro atoms. The fraction of sp³-hybridized carbons (Fsp3) is 0. The standard InChI is InChI=1S/C2H2O4.Ag.BH2O3/c3-1(4)2(5)6;;2-1(3)4/h(H,3,4)(H,5,6);;2-3H/q;+1;-1. The maximum Gasteiger partial charge on any atom is 1.00 e. The molecule has 0 unspecified atom stereocenters. The SMILES string of the molecule is O=C(O)C(=O)O.[Ag+].[O-]B(O)O. The number of aliphatic carboxylic acids is 2. The second kappa shape index (κ2) is 9.63. The predicted molar refractivity (Wildman–Crippen MR) is 25.5 cm³/mol. The fourth-order valence-electron chi connectivity index (χ4n) is 0. The Labute approximate surface area is 77.0 Å². The van der Waals surface area contributed by atoms with Crippen LogP contribution in [0.4, 0.5) is 0 Å². The molecule has 0 bridgehead atoms. The number of hydrogen-bond acceptors (Lipinski definition) is 5. The van der Waals surface area contributed by atoms with Crippen molar-refractivity contribution in [3.05, 3.63) is 0 Å². The van der Waals surface area contributed by atoms with Crippen molar-refractivity contribution in [2.45, 2.75) is 0 Å². The zero-order valence-corrected chi connectivity index (χ0v) is 6.37. The zero-order valence-electron chi connectivity index (χ0n) is 4.89. The summed E-state index contributed by atoms with van der Waals surface area (Å²) in [6, 6.07) is 0. The van der Waals surface area contributed by atoms with E-state index in [1.807, 2.05) is 0 Å². The second-order valence-corrected chi connectivity index (χ2v) is 0.937. The van der Waals surface area contributed by atoms with Crippen LogP contribution in [0.25, 0.3) is 0 Å². The predicted octanol–water partition coefficient (Wildman–Crippen LogP) is -3.53. The Bertz CT molecular complexity index is 109. The van der Waals surface area contributed by atoms with Crippen LogP contribution >= 0.6 is 0 Å². The maximum absolute atomic E-state index is 9.10. The first-order valence-electron chi connectivity index (χ1n) is 1.86. The quantitative estimate of drug-likeness (QED) is 0.261. The molecule has 9 heteroatoms. The molecule has 11 heavy (non-hydrogen) atoms.